The number of amides is 2. The van der Waals surface area contributed by atoms with Crippen molar-refractivity contribution in [3.05, 3.63) is 30.1 Å². The quantitative estimate of drug-likeness (QED) is 0.842. The van der Waals surface area contributed by atoms with Gasteiger partial charge in [-0.05, 0) is 19.1 Å². The third kappa shape index (κ3) is 2.77. The Morgan fingerprint density at radius 3 is 2.68 bits per heavy atom. The Balaban J connectivity index is 1.50. The minimum absolute atomic E-state index is 0.00214. The molecule has 0 spiro atoms. The molecule has 0 saturated carbocycles. The van der Waals surface area contributed by atoms with Crippen LogP contribution < -0.4 is 4.74 Å². The van der Waals surface area contributed by atoms with Crippen LogP contribution in [0.15, 0.2) is 24.3 Å². The molecule has 0 N–H and O–H groups in total. The lowest BCUT2D eigenvalue weighted by Gasteiger charge is -2.40. The van der Waals surface area contributed by atoms with Crippen LogP contribution in [-0.2, 0) is 9.59 Å². The van der Waals surface area contributed by atoms with Crippen molar-refractivity contribution < 1.29 is 18.7 Å². The lowest BCUT2D eigenvalue weighted by molar-refractivity contribution is -0.144. The number of nitrogens with zero attached hydrogens (tertiary/aromatic N) is 2. The van der Waals surface area contributed by atoms with Crippen LogP contribution >= 0.6 is 0 Å². The van der Waals surface area contributed by atoms with Gasteiger partial charge in [-0.3, -0.25) is 9.59 Å². The van der Waals surface area contributed by atoms with Crippen molar-refractivity contribution in [1.29, 1.82) is 0 Å². The Morgan fingerprint density at radius 2 is 2.05 bits per heavy atom. The van der Waals surface area contributed by atoms with Gasteiger partial charge in [-0.15, -0.1) is 0 Å². The first-order valence-corrected chi connectivity index (χ1v) is 7.56. The van der Waals surface area contributed by atoms with E-state index in [0.717, 1.165) is 0 Å². The zero-order valence-electron chi connectivity index (χ0n) is 12.5. The minimum atomic E-state index is -0.396. The fourth-order valence-electron chi connectivity index (χ4n) is 2.91. The molecule has 2 saturated heterocycles. The maximum atomic E-state index is 13.5. The molecule has 118 valence electrons. The first-order valence-electron chi connectivity index (χ1n) is 7.56. The van der Waals surface area contributed by atoms with E-state index in [0.29, 0.717) is 32.6 Å². The summed E-state index contributed by atoms with van der Waals surface area (Å²) in [6, 6.07) is 6.24. The van der Waals surface area contributed by atoms with Gasteiger partial charge in [0.15, 0.2) is 11.6 Å². The van der Waals surface area contributed by atoms with Crippen LogP contribution in [0.2, 0.25) is 0 Å². The molecule has 1 aromatic rings. The predicted molar refractivity (Wildman–Crippen MR) is 77.8 cm³/mol. The highest BCUT2D eigenvalue weighted by molar-refractivity contribution is 5.89. The SMILES string of the molecule is CCN1C[C@H](C(=O)N2CC(Oc3ccccc3F)C2)CC1=O. The Hall–Kier alpha value is -2.11. The fraction of sp³-hybridized carbons (Fsp3) is 0.500. The number of halogens is 1. The van der Waals surface area contributed by atoms with Crippen molar-refractivity contribution >= 4 is 11.8 Å². The lowest BCUT2D eigenvalue weighted by atomic mass is 10.0. The van der Waals surface area contributed by atoms with E-state index in [1.165, 1.54) is 6.07 Å². The maximum absolute atomic E-state index is 13.5. The van der Waals surface area contributed by atoms with Crippen molar-refractivity contribution in [1.82, 2.24) is 9.80 Å². The monoisotopic (exact) mass is 306 g/mol. The van der Waals surface area contributed by atoms with Gasteiger partial charge in [0.25, 0.3) is 0 Å². The van der Waals surface area contributed by atoms with Crippen LogP contribution in [0.25, 0.3) is 0 Å². The van der Waals surface area contributed by atoms with Crippen LogP contribution in [0.3, 0.4) is 0 Å². The standard InChI is InChI=1S/C16H19FN2O3/c1-2-18-8-11(7-15(18)20)16(21)19-9-12(10-19)22-14-6-4-3-5-13(14)17/h3-6,11-12H,2,7-10H2,1H3/t11-/m1/s1. The van der Waals surface area contributed by atoms with Crippen LogP contribution in [0.5, 0.6) is 5.75 Å². The maximum Gasteiger partial charge on any atom is 0.228 e. The summed E-state index contributed by atoms with van der Waals surface area (Å²) in [6.07, 6.45) is 0.113. The number of hydrogen-bond donors (Lipinski definition) is 0. The molecule has 0 aromatic heterocycles. The summed E-state index contributed by atoms with van der Waals surface area (Å²) in [5.74, 6) is -0.389. The first-order chi connectivity index (χ1) is 10.6. The Labute approximate surface area is 128 Å². The third-order valence-electron chi connectivity index (χ3n) is 4.24. The van der Waals surface area contributed by atoms with E-state index in [2.05, 4.69) is 0 Å². The first kappa shape index (κ1) is 14.8. The largest absolute Gasteiger partial charge is 0.484 e. The number of hydrogen-bond acceptors (Lipinski definition) is 3. The van der Waals surface area contributed by atoms with Crippen molar-refractivity contribution in [2.45, 2.75) is 19.4 Å². The number of benzene rings is 1. The average Bonchev–Trinajstić information content (AvgIpc) is 2.84. The number of ether oxygens (including phenoxy) is 1. The van der Waals surface area contributed by atoms with Crippen molar-refractivity contribution in [3.63, 3.8) is 0 Å². The molecule has 1 atom stereocenters. The lowest BCUT2D eigenvalue weighted by Crippen LogP contribution is -2.57. The normalized spacial score (nSPS) is 21.9. The molecule has 0 radical (unpaired) electrons. The zero-order valence-corrected chi connectivity index (χ0v) is 12.5. The third-order valence-corrected chi connectivity index (χ3v) is 4.24. The molecule has 22 heavy (non-hydrogen) atoms. The van der Waals surface area contributed by atoms with E-state index in [4.69, 9.17) is 4.74 Å². The average molecular weight is 306 g/mol. The summed E-state index contributed by atoms with van der Waals surface area (Å²) in [7, 11) is 0. The van der Waals surface area contributed by atoms with Crippen LogP contribution in [0, 0.1) is 11.7 Å². The number of carbonyl (C=O) groups excluding carboxylic acids is 2. The van der Waals surface area contributed by atoms with E-state index in [-0.39, 0.29) is 29.6 Å². The number of rotatable bonds is 4. The molecule has 2 heterocycles. The molecule has 2 aliphatic rings. The van der Waals surface area contributed by atoms with E-state index in [1.54, 1.807) is 28.0 Å². The van der Waals surface area contributed by atoms with E-state index in [9.17, 15) is 14.0 Å². The summed E-state index contributed by atoms with van der Waals surface area (Å²) in [6.45, 7) is 3.95. The number of likely N-dealkylation sites (tertiary alicyclic amines) is 2. The van der Waals surface area contributed by atoms with Gasteiger partial charge in [-0.25, -0.2) is 4.39 Å². The van der Waals surface area contributed by atoms with Crippen LogP contribution in [0.4, 0.5) is 4.39 Å². The second-order valence-electron chi connectivity index (χ2n) is 5.75. The molecule has 0 bridgehead atoms. The van der Waals surface area contributed by atoms with Crippen LogP contribution in [-0.4, -0.2) is 53.9 Å². The predicted octanol–water partition coefficient (Wildman–Crippen LogP) is 1.28. The Bertz CT molecular complexity index is 587. The highest BCUT2D eigenvalue weighted by Crippen LogP contribution is 2.25. The molecule has 2 amide bonds. The summed E-state index contributed by atoms with van der Waals surface area (Å²) in [4.78, 5) is 27.4. The molecule has 3 rings (SSSR count). The van der Waals surface area contributed by atoms with E-state index < -0.39 is 5.82 Å². The Morgan fingerprint density at radius 1 is 1.32 bits per heavy atom. The highest BCUT2D eigenvalue weighted by atomic mass is 19.1. The minimum Gasteiger partial charge on any atom is -0.484 e. The zero-order chi connectivity index (χ0) is 15.7. The molecule has 2 fully saturated rings. The topological polar surface area (TPSA) is 49.9 Å². The summed E-state index contributed by atoms with van der Waals surface area (Å²) < 4.78 is 19.0. The smallest absolute Gasteiger partial charge is 0.228 e. The second kappa shape index (κ2) is 5.94. The highest BCUT2D eigenvalue weighted by Gasteiger charge is 2.40. The van der Waals surface area contributed by atoms with E-state index in [1.807, 2.05) is 6.92 Å². The van der Waals surface area contributed by atoms with Gasteiger partial charge in [-0.2, -0.15) is 0 Å². The fourth-order valence-corrected chi connectivity index (χ4v) is 2.91. The molecular formula is C16H19FN2O3. The molecule has 1 aromatic carbocycles. The Kier molecular flexibility index (Phi) is 4.00. The van der Waals surface area contributed by atoms with Gasteiger partial charge < -0.3 is 14.5 Å². The molecule has 6 heteroatoms. The van der Waals surface area contributed by atoms with Crippen LogP contribution in [0.1, 0.15) is 13.3 Å². The molecule has 2 aliphatic heterocycles. The second-order valence-corrected chi connectivity index (χ2v) is 5.75. The number of para-hydroxylation sites is 1. The molecule has 5 nitrogen and oxygen atoms in total. The van der Waals surface area contributed by atoms with Gasteiger partial charge >= 0.3 is 0 Å². The van der Waals surface area contributed by atoms with E-state index >= 15 is 0 Å². The molecule has 0 unspecified atom stereocenters. The summed E-state index contributed by atoms with van der Waals surface area (Å²) >= 11 is 0. The van der Waals surface area contributed by atoms with Crippen molar-refractivity contribution in [3.8, 4) is 5.75 Å². The molecule has 0 aliphatic carbocycles. The van der Waals surface area contributed by atoms with Gasteiger partial charge in [-0.1, -0.05) is 12.1 Å². The summed E-state index contributed by atoms with van der Waals surface area (Å²) in [5, 5.41) is 0. The molecular weight excluding hydrogens is 287 g/mol. The number of carbonyl (C=O) groups is 2. The van der Waals surface area contributed by atoms with Gasteiger partial charge in [0.05, 0.1) is 19.0 Å². The van der Waals surface area contributed by atoms with Gasteiger partial charge in [0.1, 0.15) is 6.10 Å². The van der Waals surface area contributed by atoms with Gasteiger partial charge in [0.2, 0.25) is 11.8 Å². The van der Waals surface area contributed by atoms with Crippen molar-refractivity contribution in [2.24, 2.45) is 5.92 Å². The summed E-state index contributed by atoms with van der Waals surface area (Å²) in [5.41, 5.74) is 0. The van der Waals surface area contributed by atoms with Gasteiger partial charge in [0, 0.05) is 19.5 Å². The van der Waals surface area contributed by atoms with Crippen molar-refractivity contribution in [2.75, 3.05) is 26.2 Å².